The summed E-state index contributed by atoms with van der Waals surface area (Å²) in [5.41, 5.74) is 1.17. The SMILES string of the molecule is C=CC(=O)OC(C)CC.C=Cc1ccccc1. The number of ether oxygens (including phenoxy) is 1. The summed E-state index contributed by atoms with van der Waals surface area (Å²) in [4.78, 5) is 10.4. The lowest BCUT2D eigenvalue weighted by atomic mass is 10.2. The van der Waals surface area contributed by atoms with E-state index in [0.29, 0.717) is 0 Å². The fraction of sp³-hybridized carbons (Fsp3) is 0.267. The summed E-state index contributed by atoms with van der Waals surface area (Å²) in [5, 5.41) is 0. The molecule has 0 saturated carbocycles. The molecule has 1 rings (SSSR count). The van der Waals surface area contributed by atoms with Crippen LogP contribution in [0.15, 0.2) is 49.6 Å². The number of carbonyl (C=O) groups is 1. The van der Waals surface area contributed by atoms with Crippen molar-refractivity contribution in [1.29, 1.82) is 0 Å². The van der Waals surface area contributed by atoms with Crippen LogP contribution in [0.3, 0.4) is 0 Å². The summed E-state index contributed by atoms with van der Waals surface area (Å²) in [5.74, 6) is -0.343. The van der Waals surface area contributed by atoms with E-state index < -0.39 is 0 Å². The van der Waals surface area contributed by atoms with Crippen LogP contribution < -0.4 is 0 Å². The van der Waals surface area contributed by atoms with Crippen molar-refractivity contribution >= 4 is 12.0 Å². The molecular weight excluding hydrogens is 212 g/mol. The van der Waals surface area contributed by atoms with E-state index in [0.717, 1.165) is 6.42 Å². The Hall–Kier alpha value is -1.83. The third kappa shape index (κ3) is 8.03. The number of rotatable bonds is 4. The highest BCUT2D eigenvalue weighted by atomic mass is 16.5. The van der Waals surface area contributed by atoms with Gasteiger partial charge in [-0.1, -0.05) is 56.5 Å². The van der Waals surface area contributed by atoms with Gasteiger partial charge in [-0.3, -0.25) is 0 Å². The van der Waals surface area contributed by atoms with Crippen molar-refractivity contribution < 1.29 is 9.53 Å². The predicted molar refractivity (Wildman–Crippen MR) is 72.6 cm³/mol. The quantitative estimate of drug-likeness (QED) is 0.582. The zero-order valence-electron chi connectivity index (χ0n) is 10.6. The van der Waals surface area contributed by atoms with Gasteiger partial charge in [-0.25, -0.2) is 4.79 Å². The molecule has 0 bridgehead atoms. The molecule has 0 spiro atoms. The number of esters is 1. The molecule has 0 amide bonds. The molecule has 2 heteroatoms. The van der Waals surface area contributed by atoms with E-state index >= 15 is 0 Å². The second kappa shape index (κ2) is 9.40. The number of hydrogen-bond acceptors (Lipinski definition) is 2. The first-order valence-electron chi connectivity index (χ1n) is 5.64. The molecule has 92 valence electrons. The molecule has 0 fully saturated rings. The van der Waals surface area contributed by atoms with E-state index in [9.17, 15) is 4.79 Å². The normalized spacial score (nSPS) is 10.5. The first-order valence-corrected chi connectivity index (χ1v) is 5.64. The molecule has 0 aromatic heterocycles. The molecule has 1 atom stereocenters. The lowest BCUT2D eigenvalue weighted by Gasteiger charge is -2.07. The molecule has 0 N–H and O–H groups in total. The minimum atomic E-state index is -0.343. The summed E-state index contributed by atoms with van der Waals surface area (Å²) in [6.07, 6.45) is 3.86. The third-order valence-electron chi connectivity index (χ3n) is 2.09. The van der Waals surface area contributed by atoms with Gasteiger partial charge in [-0.05, 0) is 18.9 Å². The van der Waals surface area contributed by atoms with Gasteiger partial charge in [-0.2, -0.15) is 0 Å². The summed E-state index contributed by atoms with van der Waals surface area (Å²) in [7, 11) is 0. The number of benzene rings is 1. The fourth-order valence-corrected chi connectivity index (χ4v) is 0.919. The molecular formula is C15H20O2. The molecule has 0 saturated heterocycles. The van der Waals surface area contributed by atoms with Crippen molar-refractivity contribution in [3.05, 3.63) is 55.1 Å². The van der Waals surface area contributed by atoms with Gasteiger partial charge >= 0.3 is 5.97 Å². The van der Waals surface area contributed by atoms with Crippen molar-refractivity contribution in [1.82, 2.24) is 0 Å². The van der Waals surface area contributed by atoms with Crippen molar-refractivity contribution in [2.45, 2.75) is 26.4 Å². The first-order chi connectivity index (χ1) is 8.13. The maximum atomic E-state index is 10.4. The maximum Gasteiger partial charge on any atom is 0.330 e. The standard InChI is InChI=1S/C8H8.C7H12O2/c1-2-8-6-4-3-5-7-8;1-4-6(3)9-7(8)5-2/h2-7H,1H2;5-6H,2,4H2,1,3H3. The van der Waals surface area contributed by atoms with Gasteiger partial charge in [0.05, 0.1) is 6.10 Å². The Kier molecular flexibility index (Phi) is 8.39. The smallest absolute Gasteiger partial charge is 0.330 e. The first kappa shape index (κ1) is 15.2. The van der Waals surface area contributed by atoms with Crippen LogP contribution in [0, 0.1) is 0 Å². The minimum absolute atomic E-state index is 0.00972. The van der Waals surface area contributed by atoms with Crippen LogP contribution in [-0.4, -0.2) is 12.1 Å². The molecule has 0 aliphatic carbocycles. The Morgan fingerprint density at radius 2 is 1.94 bits per heavy atom. The average molecular weight is 232 g/mol. The molecule has 1 unspecified atom stereocenters. The van der Waals surface area contributed by atoms with E-state index in [-0.39, 0.29) is 12.1 Å². The molecule has 1 aromatic carbocycles. The summed E-state index contributed by atoms with van der Waals surface area (Å²) in [6, 6.07) is 10.0. The Balaban J connectivity index is 0.000000302. The maximum absolute atomic E-state index is 10.4. The van der Waals surface area contributed by atoms with E-state index in [1.165, 1.54) is 11.6 Å². The van der Waals surface area contributed by atoms with Crippen molar-refractivity contribution in [3.63, 3.8) is 0 Å². The van der Waals surface area contributed by atoms with Gasteiger partial charge in [0.25, 0.3) is 0 Å². The summed E-state index contributed by atoms with van der Waals surface area (Å²) in [6.45, 7) is 10.7. The highest BCUT2D eigenvalue weighted by Crippen LogP contribution is 1.97. The monoisotopic (exact) mass is 232 g/mol. The van der Waals surface area contributed by atoms with Gasteiger partial charge in [0.1, 0.15) is 0 Å². The molecule has 0 radical (unpaired) electrons. The highest BCUT2D eigenvalue weighted by molar-refractivity contribution is 5.81. The molecule has 1 aromatic rings. The summed E-state index contributed by atoms with van der Waals surface area (Å²) >= 11 is 0. The Morgan fingerprint density at radius 3 is 2.29 bits per heavy atom. The van der Waals surface area contributed by atoms with E-state index in [1.807, 2.05) is 50.3 Å². The van der Waals surface area contributed by atoms with Crippen LogP contribution in [0.25, 0.3) is 6.08 Å². The lowest BCUT2D eigenvalue weighted by molar-refractivity contribution is -0.142. The molecule has 0 aliphatic heterocycles. The third-order valence-corrected chi connectivity index (χ3v) is 2.09. The van der Waals surface area contributed by atoms with E-state index in [2.05, 4.69) is 13.2 Å². The molecule has 0 heterocycles. The van der Waals surface area contributed by atoms with Crippen LogP contribution in [0.5, 0.6) is 0 Å². The van der Waals surface area contributed by atoms with Crippen molar-refractivity contribution in [3.8, 4) is 0 Å². The van der Waals surface area contributed by atoms with E-state index in [1.54, 1.807) is 0 Å². The average Bonchev–Trinajstić information content (AvgIpc) is 2.40. The predicted octanol–water partition coefficient (Wildman–Crippen LogP) is 3.84. The zero-order valence-corrected chi connectivity index (χ0v) is 10.6. The van der Waals surface area contributed by atoms with Crippen molar-refractivity contribution in [2.75, 3.05) is 0 Å². The van der Waals surface area contributed by atoms with Crippen LogP contribution in [0.4, 0.5) is 0 Å². The van der Waals surface area contributed by atoms with Crippen LogP contribution in [0.1, 0.15) is 25.8 Å². The number of hydrogen-bond donors (Lipinski definition) is 0. The van der Waals surface area contributed by atoms with Crippen LogP contribution in [-0.2, 0) is 9.53 Å². The molecule has 17 heavy (non-hydrogen) atoms. The second-order valence-corrected chi connectivity index (χ2v) is 3.47. The van der Waals surface area contributed by atoms with Gasteiger partial charge in [0.15, 0.2) is 0 Å². The fourth-order valence-electron chi connectivity index (χ4n) is 0.919. The van der Waals surface area contributed by atoms with Crippen LogP contribution >= 0.6 is 0 Å². The van der Waals surface area contributed by atoms with E-state index in [4.69, 9.17) is 4.74 Å². The Morgan fingerprint density at radius 1 is 1.35 bits per heavy atom. The minimum Gasteiger partial charge on any atom is -0.460 e. The number of carbonyl (C=O) groups excluding carboxylic acids is 1. The second-order valence-electron chi connectivity index (χ2n) is 3.47. The lowest BCUT2D eigenvalue weighted by Crippen LogP contribution is -2.10. The van der Waals surface area contributed by atoms with Crippen LogP contribution in [0.2, 0.25) is 0 Å². The van der Waals surface area contributed by atoms with Gasteiger partial charge < -0.3 is 4.74 Å². The topological polar surface area (TPSA) is 26.3 Å². The zero-order chi connectivity index (χ0) is 13.1. The summed E-state index contributed by atoms with van der Waals surface area (Å²) < 4.78 is 4.79. The largest absolute Gasteiger partial charge is 0.460 e. The Bertz CT molecular complexity index is 341. The molecule has 0 aliphatic rings. The molecule has 2 nitrogen and oxygen atoms in total. The van der Waals surface area contributed by atoms with Gasteiger partial charge in [0.2, 0.25) is 0 Å². The van der Waals surface area contributed by atoms with Gasteiger partial charge in [-0.15, -0.1) is 0 Å². The Labute approximate surface area is 104 Å². The van der Waals surface area contributed by atoms with Crippen molar-refractivity contribution in [2.24, 2.45) is 0 Å². The van der Waals surface area contributed by atoms with Gasteiger partial charge in [0, 0.05) is 6.08 Å². The highest BCUT2D eigenvalue weighted by Gasteiger charge is 2.01.